The topological polar surface area (TPSA) is 53.9 Å². The third-order valence-corrected chi connectivity index (χ3v) is 4.67. The van der Waals surface area contributed by atoms with E-state index in [1.165, 1.54) is 12.1 Å². The second-order valence-corrected chi connectivity index (χ2v) is 8.72. The highest BCUT2D eigenvalue weighted by atomic mass is 35.5. The zero-order valence-corrected chi connectivity index (χ0v) is 17.8. The van der Waals surface area contributed by atoms with E-state index in [-0.39, 0.29) is 18.1 Å². The summed E-state index contributed by atoms with van der Waals surface area (Å²) in [6, 6.07) is 10.3. The van der Waals surface area contributed by atoms with E-state index in [0.717, 1.165) is 11.6 Å². The predicted molar refractivity (Wildman–Crippen MR) is 113 cm³/mol. The molecule has 0 fully saturated rings. The molecule has 160 valence electrons. The Morgan fingerprint density at radius 2 is 2.03 bits per heavy atom. The molecule has 8 heteroatoms. The standard InChI is InChI=1S/C22H24ClF2N3O2/c1-22(2,3)26-21(29)28(12-14-5-4-6-15(23)9-14)13-17-11-20(27-30-17)18-8-7-16(24)10-19(18)25/h4-10,17H,11-13H2,1-3H3,(H,26,29). The molecular weight excluding hydrogens is 412 g/mol. The summed E-state index contributed by atoms with van der Waals surface area (Å²) in [6.45, 7) is 6.25. The molecule has 30 heavy (non-hydrogen) atoms. The average molecular weight is 436 g/mol. The highest BCUT2D eigenvalue weighted by Crippen LogP contribution is 2.22. The smallest absolute Gasteiger partial charge is 0.318 e. The van der Waals surface area contributed by atoms with Gasteiger partial charge >= 0.3 is 6.03 Å². The fraction of sp³-hybridized carbons (Fsp3) is 0.364. The Morgan fingerprint density at radius 1 is 1.27 bits per heavy atom. The molecule has 0 bridgehead atoms. The second-order valence-electron chi connectivity index (χ2n) is 8.28. The van der Waals surface area contributed by atoms with E-state index in [0.29, 0.717) is 23.7 Å². The maximum absolute atomic E-state index is 14.1. The van der Waals surface area contributed by atoms with Gasteiger partial charge < -0.3 is 15.1 Å². The van der Waals surface area contributed by atoms with E-state index in [9.17, 15) is 13.6 Å². The largest absolute Gasteiger partial charge is 0.390 e. The summed E-state index contributed by atoms with van der Waals surface area (Å²) >= 11 is 6.07. The van der Waals surface area contributed by atoms with Gasteiger partial charge in [-0.3, -0.25) is 0 Å². The van der Waals surface area contributed by atoms with Crippen LogP contribution in [0.1, 0.15) is 38.3 Å². The number of carbonyl (C=O) groups excluding carboxylic acids is 1. The number of hydrogen-bond donors (Lipinski definition) is 1. The normalized spacial score (nSPS) is 16.1. The zero-order chi connectivity index (χ0) is 21.9. The number of hydrogen-bond acceptors (Lipinski definition) is 3. The molecule has 1 heterocycles. The fourth-order valence-electron chi connectivity index (χ4n) is 3.13. The van der Waals surface area contributed by atoms with Crippen molar-refractivity contribution in [3.05, 3.63) is 70.2 Å². The molecule has 1 aliphatic heterocycles. The molecular formula is C22H24ClF2N3O2. The van der Waals surface area contributed by atoms with Crippen molar-refractivity contribution in [2.24, 2.45) is 5.16 Å². The highest BCUT2D eigenvalue weighted by Gasteiger charge is 2.29. The first-order valence-electron chi connectivity index (χ1n) is 9.60. The van der Waals surface area contributed by atoms with Crippen LogP contribution >= 0.6 is 11.6 Å². The molecule has 1 atom stereocenters. The second kappa shape index (κ2) is 9.00. The molecule has 1 aliphatic rings. The summed E-state index contributed by atoms with van der Waals surface area (Å²) < 4.78 is 27.2. The number of rotatable bonds is 5. The lowest BCUT2D eigenvalue weighted by molar-refractivity contribution is 0.0580. The minimum atomic E-state index is -0.695. The van der Waals surface area contributed by atoms with Gasteiger partial charge in [0.05, 0.1) is 12.3 Å². The van der Waals surface area contributed by atoms with Crippen LogP contribution in [0, 0.1) is 11.6 Å². The number of urea groups is 1. The molecule has 2 amide bonds. The van der Waals surface area contributed by atoms with E-state index in [1.807, 2.05) is 32.9 Å². The number of benzene rings is 2. The molecule has 0 aromatic heterocycles. The summed E-state index contributed by atoms with van der Waals surface area (Å²) in [7, 11) is 0. The van der Waals surface area contributed by atoms with Crippen LogP contribution in [0.5, 0.6) is 0 Å². The SMILES string of the molecule is CC(C)(C)NC(=O)N(Cc1cccc(Cl)c1)CC1CC(c2ccc(F)cc2F)=NO1. The zero-order valence-electron chi connectivity index (χ0n) is 17.1. The van der Waals surface area contributed by atoms with E-state index in [2.05, 4.69) is 10.5 Å². The van der Waals surface area contributed by atoms with E-state index in [1.54, 1.807) is 17.0 Å². The Bertz CT molecular complexity index is 960. The molecule has 0 aliphatic carbocycles. The van der Waals surface area contributed by atoms with E-state index >= 15 is 0 Å². The van der Waals surface area contributed by atoms with Gasteiger partial charge in [0.1, 0.15) is 11.6 Å². The highest BCUT2D eigenvalue weighted by molar-refractivity contribution is 6.30. The van der Waals surface area contributed by atoms with Crippen LogP contribution in [-0.2, 0) is 11.4 Å². The summed E-state index contributed by atoms with van der Waals surface area (Å²) in [5, 5.41) is 7.49. The molecule has 1 unspecified atom stereocenters. The van der Waals surface area contributed by atoms with E-state index in [4.69, 9.17) is 16.4 Å². The molecule has 0 radical (unpaired) electrons. The summed E-state index contributed by atoms with van der Waals surface area (Å²) in [5.41, 5.74) is 1.03. The van der Waals surface area contributed by atoms with Crippen LogP contribution in [0.3, 0.4) is 0 Å². The minimum absolute atomic E-state index is 0.194. The Kier molecular flexibility index (Phi) is 6.61. The van der Waals surface area contributed by atoms with Crippen LogP contribution < -0.4 is 5.32 Å². The van der Waals surface area contributed by atoms with Crippen molar-refractivity contribution in [2.75, 3.05) is 6.54 Å². The molecule has 1 N–H and O–H groups in total. The minimum Gasteiger partial charge on any atom is -0.390 e. The van der Waals surface area contributed by atoms with Crippen molar-refractivity contribution in [1.29, 1.82) is 0 Å². The van der Waals surface area contributed by atoms with Crippen molar-refractivity contribution >= 4 is 23.3 Å². The fourth-order valence-corrected chi connectivity index (χ4v) is 3.34. The Balaban J connectivity index is 1.72. The van der Waals surface area contributed by atoms with Crippen molar-refractivity contribution in [2.45, 2.75) is 45.4 Å². The van der Waals surface area contributed by atoms with Gasteiger partial charge in [-0.1, -0.05) is 28.9 Å². The van der Waals surface area contributed by atoms with Gasteiger partial charge in [0, 0.05) is 35.2 Å². The third kappa shape index (κ3) is 5.92. The van der Waals surface area contributed by atoms with Crippen molar-refractivity contribution < 1.29 is 18.4 Å². The molecule has 0 spiro atoms. The number of nitrogens with one attached hydrogen (secondary N) is 1. The third-order valence-electron chi connectivity index (χ3n) is 4.43. The van der Waals surface area contributed by atoms with Gasteiger partial charge in [0.15, 0.2) is 6.10 Å². The van der Waals surface area contributed by atoms with Gasteiger partial charge in [-0.05, 0) is 50.6 Å². The van der Waals surface area contributed by atoms with Gasteiger partial charge in [-0.25, -0.2) is 13.6 Å². The summed E-state index contributed by atoms with van der Waals surface area (Å²) in [5.74, 6) is -1.35. The van der Waals surface area contributed by atoms with Gasteiger partial charge in [0.25, 0.3) is 0 Å². The lowest BCUT2D eigenvalue weighted by Gasteiger charge is -2.29. The number of halogens is 3. The molecule has 0 saturated carbocycles. The number of oxime groups is 1. The number of nitrogens with zero attached hydrogens (tertiary/aromatic N) is 2. The maximum atomic E-state index is 14.1. The quantitative estimate of drug-likeness (QED) is 0.708. The van der Waals surface area contributed by atoms with Crippen LogP contribution in [-0.4, -0.2) is 34.8 Å². The van der Waals surface area contributed by atoms with Gasteiger partial charge in [-0.15, -0.1) is 0 Å². The molecule has 3 rings (SSSR count). The van der Waals surface area contributed by atoms with E-state index < -0.39 is 23.3 Å². The first-order valence-corrected chi connectivity index (χ1v) is 9.98. The predicted octanol–water partition coefficient (Wildman–Crippen LogP) is 5.12. The Labute approximate surface area is 179 Å². The first kappa shape index (κ1) is 22.0. The Hall–Kier alpha value is -2.67. The van der Waals surface area contributed by atoms with Crippen molar-refractivity contribution in [3.8, 4) is 0 Å². The number of amides is 2. The van der Waals surface area contributed by atoms with Crippen LogP contribution in [0.4, 0.5) is 13.6 Å². The Morgan fingerprint density at radius 3 is 2.70 bits per heavy atom. The average Bonchev–Trinajstić information content (AvgIpc) is 3.08. The van der Waals surface area contributed by atoms with Crippen LogP contribution in [0.2, 0.25) is 5.02 Å². The maximum Gasteiger partial charge on any atom is 0.318 e. The summed E-state index contributed by atoms with van der Waals surface area (Å²) in [4.78, 5) is 19.9. The molecule has 2 aromatic rings. The molecule has 2 aromatic carbocycles. The lowest BCUT2D eigenvalue weighted by atomic mass is 10.0. The molecule has 5 nitrogen and oxygen atoms in total. The van der Waals surface area contributed by atoms with Gasteiger partial charge in [0.2, 0.25) is 0 Å². The van der Waals surface area contributed by atoms with Crippen LogP contribution in [0.25, 0.3) is 0 Å². The van der Waals surface area contributed by atoms with Gasteiger partial charge in [-0.2, -0.15) is 0 Å². The first-order chi connectivity index (χ1) is 14.1. The van der Waals surface area contributed by atoms with Crippen LogP contribution in [0.15, 0.2) is 47.6 Å². The molecule has 0 saturated heterocycles. The number of carbonyl (C=O) groups is 1. The summed E-state index contributed by atoms with van der Waals surface area (Å²) in [6.07, 6.45) is -0.147. The van der Waals surface area contributed by atoms with Crippen molar-refractivity contribution in [3.63, 3.8) is 0 Å². The lowest BCUT2D eigenvalue weighted by Crippen LogP contribution is -2.50. The van der Waals surface area contributed by atoms with Crippen molar-refractivity contribution in [1.82, 2.24) is 10.2 Å². The monoisotopic (exact) mass is 435 g/mol.